The Morgan fingerprint density at radius 2 is 1.65 bits per heavy atom. The average molecular weight is 730 g/mol. The number of hydrogen-bond donors (Lipinski definition) is 4. The zero-order valence-electron chi connectivity index (χ0n) is 31.8. The lowest BCUT2D eigenvalue weighted by atomic mass is 9.84. The van der Waals surface area contributed by atoms with Gasteiger partial charge < -0.3 is 30.7 Å². The normalized spacial score (nSPS) is 14.5. The van der Waals surface area contributed by atoms with Crippen molar-refractivity contribution in [3.8, 4) is 0 Å². The molecular weight excluding hydrogens is 671 g/mol. The minimum atomic E-state index is -0.947. The second-order valence-electron chi connectivity index (χ2n) is 14.8. The third-order valence-electron chi connectivity index (χ3n) is 8.88. The molecule has 2 rings (SSSR count). The number of esters is 1. The first kappa shape index (κ1) is 43.3. The average Bonchev–Trinajstić information content (AvgIpc) is 3.55. The molecule has 2 aromatic rings. The van der Waals surface area contributed by atoms with Crippen LogP contribution in [0.3, 0.4) is 0 Å². The molecule has 1 aromatic carbocycles. The van der Waals surface area contributed by atoms with Crippen molar-refractivity contribution in [3.05, 3.63) is 52.0 Å². The predicted octanol–water partition coefficient (Wildman–Crippen LogP) is 5.38. The molecule has 1 aromatic heterocycles. The van der Waals surface area contributed by atoms with Crippen LogP contribution in [0, 0.1) is 17.3 Å². The van der Waals surface area contributed by atoms with E-state index in [9.17, 15) is 29.1 Å². The quantitative estimate of drug-likeness (QED) is 0.0974. The Labute approximate surface area is 307 Å². The molecule has 0 radical (unpaired) electrons. The van der Waals surface area contributed by atoms with Crippen LogP contribution >= 0.6 is 11.3 Å². The monoisotopic (exact) mass is 729 g/mol. The third-order valence-corrected chi connectivity index (χ3v) is 9.81. The molecule has 5 atom stereocenters. The summed E-state index contributed by atoms with van der Waals surface area (Å²) < 4.78 is 5.74. The maximum Gasteiger partial charge on any atom is 0.306 e. The Kier molecular flexibility index (Phi) is 17.7. The van der Waals surface area contributed by atoms with Crippen molar-refractivity contribution >= 4 is 41.0 Å². The van der Waals surface area contributed by atoms with Crippen LogP contribution in [0.5, 0.6) is 0 Å². The number of hydrogen-bond acceptors (Lipinski definition) is 9. The van der Waals surface area contributed by atoms with Gasteiger partial charge in [-0.3, -0.25) is 24.0 Å². The Morgan fingerprint density at radius 3 is 2.22 bits per heavy atom. The predicted molar refractivity (Wildman–Crippen MR) is 199 cm³/mol. The molecule has 0 saturated carbocycles. The van der Waals surface area contributed by atoms with Crippen molar-refractivity contribution in [2.45, 2.75) is 118 Å². The fourth-order valence-corrected chi connectivity index (χ4v) is 6.77. The minimum Gasteiger partial charge on any atom is -0.481 e. The number of nitrogens with zero attached hydrogens (tertiary/aromatic N) is 2. The van der Waals surface area contributed by atoms with Crippen molar-refractivity contribution < 1.29 is 33.8 Å². The van der Waals surface area contributed by atoms with Gasteiger partial charge in [-0.05, 0) is 56.2 Å². The molecule has 0 saturated heterocycles. The maximum absolute atomic E-state index is 14.1. The van der Waals surface area contributed by atoms with Gasteiger partial charge >= 0.3 is 11.9 Å². The van der Waals surface area contributed by atoms with Gasteiger partial charge in [-0.1, -0.05) is 78.3 Å². The Morgan fingerprint density at radius 1 is 0.980 bits per heavy atom. The number of unbranched alkanes of at least 4 members (excludes halogenated alkanes) is 2. The number of carboxylic acid groups (broad SMARTS) is 1. The summed E-state index contributed by atoms with van der Waals surface area (Å²) >= 11 is 1.18. The van der Waals surface area contributed by atoms with Gasteiger partial charge in [0.2, 0.25) is 11.8 Å². The van der Waals surface area contributed by atoms with Crippen LogP contribution in [0.2, 0.25) is 0 Å². The molecule has 0 fully saturated rings. The van der Waals surface area contributed by atoms with Gasteiger partial charge in [0.1, 0.15) is 16.7 Å². The number of carboxylic acids is 1. The van der Waals surface area contributed by atoms with E-state index in [1.807, 2.05) is 72.0 Å². The summed E-state index contributed by atoms with van der Waals surface area (Å²) in [6.45, 7) is 13.5. The summed E-state index contributed by atoms with van der Waals surface area (Å²) in [6, 6.07) is 7.88. The summed E-state index contributed by atoms with van der Waals surface area (Å²) in [6.07, 6.45) is 3.00. The smallest absolute Gasteiger partial charge is 0.306 e. The zero-order chi connectivity index (χ0) is 38.3. The maximum atomic E-state index is 14.1. The molecule has 3 amide bonds. The van der Waals surface area contributed by atoms with Crippen LogP contribution in [0.15, 0.2) is 35.7 Å². The molecule has 0 aliphatic rings. The van der Waals surface area contributed by atoms with Crippen LogP contribution in [0.4, 0.5) is 0 Å². The second-order valence-corrected chi connectivity index (χ2v) is 15.7. The van der Waals surface area contributed by atoms with Gasteiger partial charge in [-0.2, -0.15) is 0 Å². The number of ether oxygens (including phenoxy) is 1. The number of amides is 3. The number of aliphatic carboxylic acids is 1. The molecule has 0 spiro atoms. The van der Waals surface area contributed by atoms with Gasteiger partial charge in [0, 0.05) is 44.3 Å². The van der Waals surface area contributed by atoms with Crippen molar-refractivity contribution in [2.75, 3.05) is 20.6 Å². The summed E-state index contributed by atoms with van der Waals surface area (Å²) in [5, 5.41) is 20.6. The Bertz CT molecular complexity index is 1430. The minimum absolute atomic E-state index is 0.0572. The van der Waals surface area contributed by atoms with Gasteiger partial charge in [0.25, 0.3) is 5.91 Å². The largest absolute Gasteiger partial charge is 0.481 e. The number of thiazole rings is 1. The molecule has 284 valence electrons. The number of carbonyl (C=O) groups excluding carboxylic acids is 4. The lowest BCUT2D eigenvalue weighted by Crippen LogP contribution is -2.56. The molecule has 12 nitrogen and oxygen atoms in total. The number of aromatic nitrogens is 1. The highest BCUT2D eigenvalue weighted by Crippen LogP contribution is 2.32. The summed E-state index contributed by atoms with van der Waals surface area (Å²) in [5.41, 5.74) is 0.517. The van der Waals surface area contributed by atoms with Gasteiger partial charge in [0.15, 0.2) is 6.10 Å². The lowest BCUT2D eigenvalue weighted by molar-refractivity contribution is -0.149. The van der Waals surface area contributed by atoms with E-state index >= 15 is 0 Å². The highest BCUT2D eigenvalue weighted by Gasteiger charge is 2.38. The molecule has 1 heterocycles. The zero-order valence-corrected chi connectivity index (χ0v) is 32.6. The highest BCUT2D eigenvalue weighted by atomic mass is 32.1. The first-order chi connectivity index (χ1) is 23.9. The van der Waals surface area contributed by atoms with Crippen molar-refractivity contribution in [1.29, 1.82) is 0 Å². The Hall–Kier alpha value is -3.84. The molecule has 0 aliphatic carbocycles. The van der Waals surface area contributed by atoms with Crippen LogP contribution in [0.1, 0.15) is 114 Å². The van der Waals surface area contributed by atoms with E-state index < -0.39 is 53.4 Å². The molecular formula is C38H59N5O7S. The van der Waals surface area contributed by atoms with Gasteiger partial charge in [-0.15, -0.1) is 11.3 Å². The topological polar surface area (TPSA) is 167 Å². The highest BCUT2D eigenvalue weighted by molar-refractivity contribution is 7.09. The number of nitrogens with one attached hydrogen (secondary N) is 3. The molecule has 4 N–H and O–H groups in total. The van der Waals surface area contributed by atoms with Crippen LogP contribution in [-0.2, 0) is 30.3 Å². The first-order valence-corrected chi connectivity index (χ1v) is 18.7. The summed E-state index contributed by atoms with van der Waals surface area (Å²) in [7, 11) is 3.60. The van der Waals surface area contributed by atoms with Crippen molar-refractivity contribution in [2.24, 2.45) is 17.3 Å². The van der Waals surface area contributed by atoms with E-state index in [2.05, 4.69) is 20.9 Å². The molecule has 13 heteroatoms. The number of likely N-dealkylation sites (N-methyl/N-ethyl adjacent to an activating group) is 1. The molecule has 51 heavy (non-hydrogen) atoms. The Balaban J connectivity index is 2.26. The SMILES string of the molecule is CNCCCCCC(=O)N[C@H](C(=O)N(C)[C@H](C[C@@H](OC(C)=O)c1nc(C(=O)N[C@@H](Cc2ccccc2)C[C@H](C)C(=O)O)cs1)C(C)C)C(C)(C)C. The van der Waals surface area contributed by atoms with Crippen LogP contribution < -0.4 is 16.0 Å². The van der Waals surface area contributed by atoms with E-state index in [0.29, 0.717) is 17.8 Å². The first-order valence-electron chi connectivity index (χ1n) is 17.8. The van der Waals surface area contributed by atoms with E-state index in [0.717, 1.165) is 31.4 Å². The summed E-state index contributed by atoms with van der Waals surface area (Å²) in [4.78, 5) is 70.5. The number of carbonyl (C=O) groups is 5. The van der Waals surface area contributed by atoms with E-state index in [4.69, 9.17) is 4.74 Å². The molecule has 0 unspecified atom stereocenters. The van der Waals surface area contributed by atoms with Crippen molar-refractivity contribution in [1.82, 2.24) is 25.8 Å². The van der Waals surface area contributed by atoms with Gasteiger partial charge in [0.05, 0.1) is 5.92 Å². The van der Waals surface area contributed by atoms with Crippen LogP contribution in [-0.4, -0.2) is 83.4 Å². The van der Waals surface area contributed by atoms with E-state index in [1.54, 1.807) is 24.3 Å². The number of rotatable bonds is 21. The molecule has 0 aliphatic heterocycles. The lowest BCUT2D eigenvalue weighted by Gasteiger charge is -2.39. The van der Waals surface area contributed by atoms with E-state index in [-0.39, 0.29) is 36.3 Å². The van der Waals surface area contributed by atoms with Crippen molar-refractivity contribution in [3.63, 3.8) is 0 Å². The van der Waals surface area contributed by atoms with Gasteiger partial charge in [-0.25, -0.2) is 4.98 Å². The fourth-order valence-electron chi connectivity index (χ4n) is 5.93. The number of benzene rings is 1. The van der Waals surface area contributed by atoms with Crippen LogP contribution in [0.25, 0.3) is 0 Å². The second kappa shape index (κ2) is 20.9. The fraction of sp³-hybridized carbons (Fsp3) is 0.632. The standard InChI is InChI=1S/C38H59N5O7S/c1-24(2)30(43(9)36(47)33(38(5,6)7)42-32(45)18-14-11-15-19-39-8)22-31(50-26(4)44)35-41-29(23-51-35)34(46)40-28(20-25(3)37(48)49)21-27-16-12-10-13-17-27/h10,12-13,16-17,23-25,28,30-31,33,39H,11,14-15,18-22H2,1-9H3,(H,40,46)(H,42,45)(H,48,49)/t25-,28+,30+,31+,33+/m0/s1. The third kappa shape index (κ3) is 14.7. The van der Waals surface area contributed by atoms with E-state index in [1.165, 1.54) is 18.3 Å². The molecule has 0 bridgehead atoms. The summed E-state index contributed by atoms with van der Waals surface area (Å²) in [5.74, 6) is -3.09.